The third-order valence-corrected chi connectivity index (χ3v) is 3.16. The molecule has 0 amide bonds. The molecule has 0 aliphatic heterocycles. The van der Waals surface area contributed by atoms with Crippen molar-refractivity contribution in [1.29, 1.82) is 0 Å². The zero-order valence-corrected chi connectivity index (χ0v) is 10.4. The third kappa shape index (κ3) is 2.59. The van der Waals surface area contributed by atoms with Gasteiger partial charge in [-0.3, -0.25) is 0 Å². The van der Waals surface area contributed by atoms with Gasteiger partial charge >= 0.3 is 0 Å². The van der Waals surface area contributed by atoms with Crippen LogP contribution in [0.3, 0.4) is 0 Å². The van der Waals surface area contributed by atoms with Crippen molar-refractivity contribution in [2.75, 3.05) is 6.61 Å². The van der Waals surface area contributed by atoms with Crippen molar-refractivity contribution in [3.8, 4) is 0 Å². The molecule has 0 aliphatic rings. The summed E-state index contributed by atoms with van der Waals surface area (Å²) in [7, 11) is 0. The molecule has 0 saturated heterocycles. The zero-order chi connectivity index (χ0) is 12.3. The molecule has 0 saturated carbocycles. The summed E-state index contributed by atoms with van der Waals surface area (Å²) in [4.78, 5) is 3.42. The van der Waals surface area contributed by atoms with E-state index in [2.05, 4.69) is 37.0 Å². The van der Waals surface area contributed by atoms with Crippen molar-refractivity contribution in [1.82, 2.24) is 4.98 Å². The van der Waals surface area contributed by atoms with Crippen LogP contribution in [-0.4, -0.2) is 16.7 Å². The minimum absolute atomic E-state index is 0.205. The molecule has 17 heavy (non-hydrogen) atoms. The highest BCUT2D eigenvalue weighted by atomic mass is 16.3. The number of aliphatic hydroxyl groups is 1. The van der Waals surface area contributed by atoms with Crippen molar-refractivity contribution in [2.24, 2.45) is 0 Å². The highest BCUT2D eigenvalue weighted by molar-refractivity contribution is 5.35. The van der Waals surface area contributed by atoms with Gasteiger partial charge in [0.1, 0.15) is 0 Å². The molecule has 0 bridgehead atoms. The Hall–Kier alpha value is -1.54. The maximum Gasteiger partial charge on any atom is 0.0440 e. The van der Waals surface area contributed by atoms with E-state index in [1.54, 1.807) is 0 Å². The number of nitrogens with one attached hydrogen (secondary N) is 1. The van der Waals surface area contributed by atoms with Gasteiger partial charge in [0.2, 0.25) is 0 Å². The lowest BCUT2D eigenvalue weighted by molar-refractivity contribution is 0.281. The first-order valence-electron chi connectivity index (χ1n) is 6.04. The number of aromatic amines is 1. The van der Waals surface area contributed by atoms with Crippen LogP contribution in [0, 0.1) is 13.8 Å². The summed E-state index contributed by atoms with van der Waals surface area (Å²) >= 11 is 0. The summed E-state index contributed by atoms with van der Waals surface area (Å²) in [5.74, 6) is 0.259. The summed E-state index contributed by atoms with van der Waals surface area (Å²) < 4.78 is 0. The lowest BCUT2D eigenvalue weighted by Gasteiger charge is -2.16. The highest BCUT2D eigenvalue weighted by Crippen LogP contribution is 2.29. The first-order valence-corrected chi connectivity index (χ1v) is 6.04. The van der Waals surface area contributed by atoms with Crippen LogP contribution in [0.1, 0.15) is 34.9 Å². The van der Waals surface area contributed by atoms with Crippen LogP contribution in [0.25, 0.3) is 0 Å². The van der Waals surface area contributed by atoms with E-state index in [1.807, 2.05) is 18.2 Å². The summed E-state index contributed by atoms with van der Waals surface area (Å²) in [5, 5.41) is 9.24. The average Bonchev–Trinajstić information content (AvgIpc) is 2.66. The van der Waals surface area contributed by atoms with Gasteiger partial charge in [-0.25, -0.2) is 0 Å². The van der Waals surface area contributed by atoms with Gasteiger partial charge < -0.3 is 10.1 Å². The van der Waals surface area contributed by atoms with Crippen LogP contribution in [0.5, 0.6) is 0 Å². The third-order valence-electron chi connectivity index (χ3n) is 3.16. The molecule has 1 aromatic carbocycles. The molecule has 0 aliphatic carbocycles. The average molecular weight is 229 g/mol. The quantitative estimate of drug-likeness (QED) is 0.830. The second-order valence-corrected chi connectivity index (χ2v) is 4.52. The number of rotatable bonds is 4. The molecule has 2 N–H and O–H groups in total. The number of aryl methyl sites for hydroxylation is 2. The number of hydrogen-bond donors (Lipinski definition) is 2. The van der Waals surface area contributed by atoms with E-state index in [4.69, 9.17) is 0 Å². The number of hydrogen-bond acceptors (Lipinski definition) is 1. The molecule has 2 heteroatoms. The molecular weight excluding hydrogens is 210 g/mol. The lowest BCUT2D eigenvalue weighted by atomic mass is 9.91. The van der Waals surface area contributed by atoms with Crippen molar-refractivity contribution in [2.45, 2.75) is 26.2 Å². The first kappa shape index (κ1) is 11.9. The molecule has 1 heterocycles. The van der Waals surface area contributed by atoms with E-state index in [0.29, 0.717) is 0 Å². The molecule has 1 unspecified atom stereocenters. The van der Waals surface area contributed by atoms with Crippen molar-refractivity contribution in [3.05, 3.63) is 58.9 Å². The summed E-state index contributed by atoms with van der Waals surface area (Å²) in [6.45, 7) is 4.39. The fraction of sp³-hybridized carbons (Fsp3) is 0.333. The Bertz CT molecular complexity index is 473. The first-order chi connectivity index (χ1) is 8.22. The topological polar surface area (TPSA) is 36.0 Å². The minimum atomic E-state index is 0.205. The molecule has 2 nitrogen and oxygen atoms in total. The van der Waals surface area contributed by atoms with Crippen molar-refractivity contribution in [3.63, 3.8) is 0 Å². The van der Waals surface area contributed by atoms with Crippen LogP contribution in [0.15, 0.2) is 36.4 Å². The fourth-order valence-electron chi connectivity index (χ4n) is 2.40. The Kier molecular flexibility index (Phi) is 3.64. The molecule has 2 aromatic rings. The maximum atomic E-state index is 9.24. The Morgan fingerprint density at radius 3 is 2.41 bits per heavy atom. The molecule has 90 valence electrons. The van der Waals surface area contributed by atoms with E-state index in [1.165, 1.54) is 22.5 Å². The fourth-order valence-corrected chi connectivity index (χ4v) is 2.40. The van der Waals surface area contributed by atoms with E-state index < -0.39 is 0 Å². The van der Waals surface area contributed by atoms with Gasteiger partial charge in [-0.15, -0.1) is 0 Å². The highest BCUT2D eigenvalue weighted by Gasteiger charge is 2.17. The number of benzene rings is 1. The standard InChI is InChI=1S/C15H19NO/c1-11-10-12(2)16-15(11)14(8-9-17)13-6-4-3-5-7-13/h3-7,10,14,16-17H,8-9H2,1-2H3. The predicted octanol–water partition coefficient (Wildman–Crippen LogP) is 3.15. The Morgan fingerprint density at radius 1 is 1.18 bits per heavy atom. The van der Waals surface area contributed by atoms with Gasteiger partial charge in [0.15, 0.2) is 0 Å². The monoisotopic (exact) mass is 229 g/mol. The van der Waals surface area contributed by atoms with Gasteiger partial charge in [0.05, 0.1) is 0 Å². The number of aliphatic hydroxyl groups excluding tert-OH is 1. The second kappa shape index (κ2) is 5.19. The summed E-state index contributed by atoms with van der Waals surface area (Å²) in [5.41, 5.74) is 4.93. The number of H-pyrrole nitrogens is 1. The normalized spacial score (nSPS) is 12.6. The summed E-state index contributed by atoms with van der Waals surface area (Å²) in [6.07, 6.45) is 0.755. The van der Waals surface area contributed by atoms with Crippen LogP contribution in [0.2, 0.25) is 0 Å². The molecule has 0 spiro atoms. The smallest absolute Gasteiger partial charge is 0.0440 e. The Morgan fingerprint density at radius 2 is 1.88 bits per heavy atom. The minimum Gasteiger partial charge on any atom is -0.396 e. The molecule has 2 rings (SSSR count). The van der Waals surface area contributed by atoms with E-state index in [9.17, 15) is 5.11 Å². The lowest BCUT2D eigenvalue weighted by Crippen LogP contribution is -2.05. The zero-order valence-electron chi connectivity index (χ0n) is 10.4. The second-order valence-electron chi connectivity index (χ2n) is 4.52. The van der Waals surface area contributed by atoms with Crippen molar-refractivity contribution < 1.29 is 5.11 Å². The molecule has 0 fully saturated rings. The van der Waals surface area contributed by atoms with E-state index in [0.717, 1.165) is 6.42 Å². The summed E-state index contributed by atoms with van der Waals surface area (Å²) in [6, 6.07) is 12.5. The van der Waals surface area contributed by atoms with Crippen LogP contribution in [0.4, 0.5) is 0 Å². The van der Waals surface area contributed by atoms with Crippen molar-refractivity contribution >= 4 is 0 Å². The molecular formula is C15H19NO. The molecule has 1 aromatic heterocycles. The van der Waals surface area contributed by atoms with Crippen LogP contribution < -0.4 is 0 Å². The largest absolute Gasteiger partial charge is 0.396 e. The van der Waals surface area contributed by atoms with Crippen LogP contribution >= 0.6 is 0 Å². The Balaban J connectivity index is 2.39. The number of aromatic nitrogens is 1. The van der Waals surface area contributed by atoms with Crippen LogP contribution in [-0.2, 0) is 0 Å². The van der Waals surface area contributed by atoms with E-state index >= 15 is 0 Å². The predicted molar refractivity (Wildman–Crippen MR) is 70.3 cm³/mol. The van der Waals surface area contributed by atoms with Gasteiger partial charge in [-0.1, -0.05) is 30.3 Å². The molecule has 0 radical (unpaired) electrons. The van der Waals surface area contributed by atoms with Gasteiger partial charge in [-0.2, -0.15) is 0 Å². The maximum absolute atomic E-state index is 9.24. The SMILES string of the molecule is Cc1cc(C)c(C(CCO)c2ccccc2)[nH]1. The van der Waals surface area contributed by atoms with E-state index in [-0.39, 0.29) is 12.5 Å². The van der Waals surface area contributed by atoms with Gasteiger partial charge in [0.25, 0.3) is 0 Å². The molecule has 1 atom stereocenters. The van der Waals surface area contributed by atoms with Gasteiger partial charge in [0, 0.05) is 23.9 Å². The Labute approximate surface area is 102 Å². The van der Waals surface area contributed by atoms with Gasteiger partial charge in [-0.05, 0) is 37.5 Å².